The first-order chi connectivity index (χ1) is 9.23. The van der Waals surface area contributed by atoms with Crippen molar-refractivity contribution < 1.29 is 14.3 Å². The Balaban J connectivity index is 2.05. The third kappa shape index (κ3) is 1.91. The molecule has 1 saturated heterocycles. The van der Waals surface area contributed by atoms with Crippen LogP contribution in [0, 0.1) is 5.92 Å². The van der Waals surface area contributed by atoms with Gasteiger partial charge in [-0.05, 0) is 12.8 Å². The number of cyclic esters (lactones) is 1. The number of amides is 2. The van der Waals surface area contributed by atoms with E-state index >= 15 is 0 Å². The molecule has 4 heteroatoms. The number of rotatable bonds is 2. The summed E-state index contributed by atoms with van der Waals surface area (Å²) in [6.07, 6.45) is 4.59. The minimum Gasteiger partial charge on any atom is -0.427 e. The highest BCUT2D eigenvalue weighted by Crippen LogP contribution is 2.44. The van der Waals surface area contributed by atoms with Gasteiger partial charge < -0.3 is 4.74 Å². The number of hydrogen-bond acceptors (Lipinski definition) is 3. The molecule has 1 atom stereocenters. The average molecular weight is 259 g/mol. The van der Waals surface area contributed by atoms with Gasteiger partial charge in [-0.15, -0.1) is 0 Å². The van der Waals surface area contributed by atoms with Crippen LogP contribution in [0.15, 0.2) is 30.3 Å². The van der Waals surface area contributed by atoms with Gasteiger partial charge in [0.1, 0.15) is 0 Å². The van der Waals surface area contributed by atoms with Crippen LogP contribution < -0.4 is 5.32 Å². The molecule has 1 aromatic rings. The molecule has 3 rings (SSSR count). The second-order valence-electron chi connectivity index (χ2n) is 5.28. The summed E-state index contributed by atoms with van der Waals surface area (Å²) in [6, 6.07) is 9.38. The molecule has 1 aliphatic heterocycles. The lowest BCUT2D eigenvalue weighted by atomic mass is 9.73. The van der Waals surface area contributed by atoms with Crippen LogP contribution in [0.1, 0.15) is 37.7 Å². The van der Waals surface area contributed by atoms with Crippen LogP contribution in [-0.4, -0.2) is 12.0 Å². The first kappa shape index (κ1) is 12.2. The van der Waals surface area contributed by atoms with Crippen molar-refractivity contribution in [2.45, 2.75) is 37.7 Å². The number of carbonyl (C=O) groups is 2. The van der Waals surface area contributed by atoms with E-state index in [4.69, 9.17) is 4.74 Å². The molecule has 0 radical (unpaired) electrons. The van der Waals surface area contributed by atoms with Crippen LogP contribution in [0.5, 0.6) is 0 Å². The molecule has 19 heavy (non-hydrogen) atoms. The Hall–Kier alpha value is -1.84. The van der Waals surface area contributed by atoms with Gasteiger partial charge in [0.15, 0.2) is 0 Å². The molecule has 1 saturated carbocycles. The zero-order valence-corrected chi connectivity index (χ0v) is 10.7. The fourth-order valence-corrected chi connectivity index (χ4v) is 3.29. The molecule has 2 aliphatic rings. The van der Waals surface area contributed by atoms with Crippen molar-refractivity contribution in [3.05, 3.63) is 35.9 Å². The molecule has 1 unspecified atom stereocenters. The van der Waals surface area contributed by atoms with E-state index in [1.165, 1.54) is 6.42 Å². The van der Waals surface area contributed by atoms with Crippen molar-refractivity contribution in [2.24, 2.45) is 5.92 Å². The van der Waals surface area contributed by atoms with Gasteiger partial charge in [-0.25, -0.2) is 4.79 Å². The summed E-state index contributed by atoms with van der Waals surface area (Å²) < 4.78 is 5.49. The Morgan fingerprint density at radius 2 is 1.74 bits per heavy atom. The lowest BCUT2D eigenvalue weighted by Gasteiger charge is -2.36. The average Bonchev–Trinajstić information content (AvgIpc) is 2.76. The van der Waals surface area contributed by atoms with Crippen molar-refractivity contribution in [3.63, 3.8) is 0 Å². The van der Waals surface area contributed by atoms with E-state index in [0.717, 1.165) is 31.2 Å². The topological polar surface area (TPSA) is 55.4 Å². The molecule has 2 amide bonds. The highest BCUT2D eigenvalue weighted by atomic mass is 16.6. The second kappa shape index (κ2) is 4.68. The highest BCUT2D eigenvalue weighted by Gasteiger charge is 2.55. The molecule has 4 nitrogen and oxygen atoms in total. The summed E-state index contributed by atoms with van der Waals surface area (Å²) in [4.78, 5) is 23.9. The van der Waals surface area contributed by atoms with Gasteiger partial charge in [0.25, 0.3) is 5.91 Å². The van der Waals surface area contributed by atoms with Gasteiger partial charge in [-0.2, -0.15) is 0 Å². The molecule has 0 spiro atoms. The molecule has 1 aliphatic carbocycles. The van der Waals surface area contributed by atoms with Crippen molar-refractivity contribution in [1.82, 2.24) is 5.32 Å². The summed E-state index contributed by atoms with van der Waals surface area (Å²) in [5.41, 5.74) is -0.330. The van der Waals surface area contributed by atoms with Crippen LogP contribution >= 0.6 is 0 Å². The van der Waals surface area contributed by atoms with E-state index in [-0.39, 0.29) is 11.8 Å². The zero-order valence-electron chi connectivity index (χ0n) is 10.7. The third-order valence-corrected chi connectivity index (χ3v) is 4.19. The smallest absolute Gasteiger partial charge is 0.415 e. The quantitative estimate of drug-likeness (QED) is 0.888. The van der Waals surface area contributed by atoms with Crippen LogP contribution in [0.3, 0.4) is 0 Å². The number of alkyl carbamates (subject to hydrolysis) is 1. The molecule has 0 aromatic heterocycles. The molecule has 1 heterocycles. The Morgan fingerprint density at radius 1 is 1.05 bits per heavy atom. The predicted octanol–water partition coefficient (Wildman–Crippen LogP) is 2.73. The summed E-state index contributed by atoms with van der Waals surface area (Å²) in [6.45, 7) is 0. The standard InChI is InChI=1S/C15H17NO3/c17-13-15(19-14(18)16-13,11-7-3-1-4-8-11)12-9-5-2-6-10-12/h1,3-4,7-8,12H,2,5-6,9-10H2,(H,16,17,18). The number of imide groups is 1. The fraction of sp³-hybridized carbons (Fsp3) is 0.467. The van der Waals surface area contributed by atoms with Gasteiger partial charge >= 0.3 is 6.09 Å². The number of nitrogens with one attached hydrogen (secondary N) is 1. The van der Waals surface area contributed by atoms with Crippen LogP contribution in [0.2, 0.25) is 0 Å². The maximum Gasteiger partial charge on any atom is 0.415 e. The minimum absolute atomic E-state index is 0.0788. The Morgan fingerprint density at radius 3 is 2.32 bits per heavy atom. The van der Waals surface area contributed by atoms with Crippen molar-refractivity contribution in [3.8, 4) is 0 Å². The minimum atomic E-state index is -1.11. The van der Waals surface area contributed by atoms with Crippen molar-refractivity contribution in [2.75, 3.05) is 0 Å². The molecule has 0 bridgehead atoms. The maximum absolute atomic E-state index is 12.3. The number of hydrogen-bond donors (Lipinski definition) is 1. The Labute approximate surface area is 112 Å². The van der Waals surface area contributed by atoms with Gasteiger partial charge in [0.2, 0.25) is 5.60 Å². The maximum atomic E-state index is 12.3. The zero-order chi connectivity index (χ0) is 13.3. The van der Waals surface area contributed by atoms with Crippen molar-refractivity contribution >= 4 is 12.0 Å². The SMILES string of the molecule is O=C1NC(=O)C(c2ccccc2)(C2CCCCC2)O1. The third-order valence-electron chi connectivity index (χ3n) is 4.19. The van der Waals surface area contributed by atoms with Gasteiger partial charge in [-0.1, -0.05) is 49.6 Å². The molecule has 100 valence electrons. The second-order valence-corrected chi connectivity index (χ2v) is 5.28. The lowest BCUT2D eigenvalue weighted by molar-refractivity contribution is -0.138. The number of benzene rings is 1. The van der Waals surface area contributed by atoms with Gasteiger partial charge in [0.05, 0.1) is 0 Å². The monoisotopic (exact) mass is 259 g/mol. The number of ether oxygens (including phenoxy) is 1. The van der Waals surface area contributed by atoms with Crippen LogP contribution in [0.25, 0.3) is 0 Å². The largest absolute Gasteiger partial charge is 0.427 e. The van der Waals surface area contributed by atoms with E-state index in [9.17, 15) is 9.59 Å². The number of carbonyl (C=O) groups excluding carboxylic acids is 2. The first-order valence-electron chi connectivity index (χ1n) is 6.83. The molecular weight excluding hydrogens is 242 g/mol. The summed E-state index contributed by atoms with van der Waals surface area (Å²) >= 11 is 0. The first-order valence-corrected chi connectivity index (χ1v) is 6.83. The van der Waals surface area contributed by atoms with E-state index < -0.39 is 11.7 Å². The van der Waals surface area contributed by atoms with E-state index in [1.807, 2.05) is 30.3 Å². The van der Waals surface area contributed by atoms with Crippen molar-refractivity contribution in [1.29, 1.82) is 0 Å². The lowest BCUT2D eigenvalue weighted by Crippen LogP contribution is -2.44. The van der Waals surface area contributed by atoms with E-state index in [0.29, 0.717) is 0 Å². The molecule has 1 aromatic carbocycles. The highest BCUT2D eigenvalue weighted by molar-refractivity contribution is 6.03. The van der Waals surface area contributed by atoms with Gasteiger partial charge in [-0.3, -0.25) is 10.1 Å². The van der Waals surface area contributed by atoms with E-state index in [2.05, 4.69) is 5.32 Å². The van der Waals surface area contributed by atoms with E-state index in [1.54, 1.807) is 0 Å². The Bertz CT molecular complexity index is 493. The summed E-state index contributed by atoms with van der Waals surface area (Å²) in [7, 11) is 0. The predicted molar refractivity (Wildman–Crippen MR) is 69.3 cm³/mol. The summed E-state index contributed by atoms with van der Waals surface area (Å²) in [5, 5.41) is 2.30. The normalized spacial score (nSPS) is 28.0. The molecular formula is C15H17NO3. The summed E-state index contributed by atoms with van der Waals surface area (Å²) in [5.74, 6) is -0.231. The van der Waals surface area contributed by atoms with Crippen LogP contribution in [0.4, 0.5) is 4.79 Å². The molecule has 2 fully saturated rings. The molecule has 1 N–H and O–H groups in total. The fourth-order valence-electron chi connectivity index (χ4n) is 3.29. The Kier molecular flexibility index (Phi) is 3.01. The van der Waals surface area contributed by atoms with Crippen LogP contribution in [-0.2, 0) is 15.1 Å². The van der Waals surface area contributed by atoms with Gasteiger partial charge in [0, 0.05) is 11.5 Å².